The molecule has 19 heavy (non-hydrogen) atoms. The second kappa shape index (κ2) is 6.43. The van der Waals surface area contributed by atoms with Crippen LogP contribution in [0.1, 0.15) is 12.0 Å². The molecule has 0 bridgehead atoms. The minimum atomic E-state index is 0.0141. The lowest BCUT2D eigenvalue weighted by Crippen LogP contribution is -2.37. The smallest absolute Gasteiger partial charge is 0.224 e. The Morgan fingerprint density at radius 3 is 2.89 bits per heavy atom. The van der Waals surface area contributed by atoms with E-state index in [1.807, 2.05) is 18.2 Å². The highest BCUT2D eigenvalue weighted by Gasteiger charge is 2.17. The summed E-state index contributed by atoms with van der Waals surface area (Å²) in [5.41, 5.74) is 0.838. The number of nitrogens with one attached hydrogen (secondary N) is 2. The molecule has 1 heterocycles. The number of ether oxygens (including phenoxy) is 2. The topological polar surface area (TPSA) is 59.6 Å². The Kier molecular flexibility index (Phi) is 4.63. The lowest BCUT2D eigenvalue weighted by atomic mass is 10.1. The molecular weight excluding hydrogens is 244 g/mol. The Morgan fingerprint density at radius 2 is 2.26 bits per heavy atom. The summed E-state index contributed by atoms with van der Waals surface area (Å²) in [6, 6.07) is 5.72. The van der Waals surface area contributed by atoms with Crippen LogP contribution < -0.4 is 20.1 Å². The molecule has 2 rings (SSSR count). The summed E-state index contributed by atoms with van der Waals surface area (Å²) in [4.78, 5) is 12.0. The van der Waals surface area contributed by atoms with E-state index in [0.717, 1.165) is 30.8 Å². The Balaban J connectivity index is 2.01. The summed E-state index contributed by atoms with van der Waals surface area (Å²) >= 11 is 0. The van der Waals surface area contributed by atoms with Crippen LogP contribution in [0.5, 0.6) is 11.5 Å². The fraction of sp³-hybridized carbons (Fsp3) is 0.500. The summed E-state index contributed by atoms with van der Waals surface area (Å²) in [5.74, 6) is 1.45. The van der Waals surface area contributed by atoms with Crippen molar-refractivity contribution in [2.24, 2.45) is 0 Å². The number of carbonyl (C=O) groups is 1. The first-order valence-electron chi connectivity index (χ1n) is 6.44. The van der Waals surface area contributed by atoms with Gasteiger partial charge in [0, 0.05) is 18.2 Å². The molecule has 1 aromatic carbocycles. The van der Waals surface area contributed by atoms with Gasteiger partial charge >= 0.3 is 0 Å². The van der Waals surface area contributed by atoms with Crippen molar-refractivity contribution in [3.63, 3.8) is 0 Å². The molecule has 0 aliphatic carbocycles. The van der Waals surface area contributed by atoms with E-state index in [2.05, 4.69) is 10.6 Å². The lowest BCUT2D eigenvalue weighted by Gasteiger charge is -2.13. The third-order valence-electron chi connectivity index (χ3n) is 3.26. The molecule has 1 saturated heterocycles. The van der Waals surface area contributed by atoms with E-state index in [0.29, 0.717) is 12.2 Å². The summed E-state index contributed by atoms with van der Waals surface area (Å²) in [5, 5.41) is 6.24. The van der Waals surface area contributed by atoms with Gasteiger partial charge in [0.2, 0.25) is 5.91 Å². The number of hydrogen-bond acceptors (Lipinski definition) is 4. The van der Waals surface area contributed by atoms with E-state index in [9.17, 15) is 4.79 Å². The van der Waals surface area contributed by atoms with Gasteiger partial charge < -0.3 is 20.1 Å². The Hall–Kier alpha value is -1.75. The lowest BCUT2D eigenvalue weighted by molar-refractivity contribution is -0.121. The van der Waals surface area contributed by atoms with Crippen molar-refractivity contribution >= 4 is 5.91 Å². The number of hydrogen-bond donors (Lipinski definition) is 2. The van der Waals surface area contributed by atoms with Gasteiger partial charge in [-0.1, -0.05) is 0 Å². The van der Waals surface area contributed by atoms with E-state index in [4.69, 9.17) is 9.47 Å². The van der Waals surface area contributed by atoms with Gasteiger partial charge in [-0.15, -0.1) is 0 Å². The average molecular weight is 264 g/mol. The number of carbonyl (C=O) groups excluding carboxylic acids is 1. The number of methoxy groups -OCH3 is 2. The summed E-state index contributed by atoms with van der Waals surface area (Å²) in [7, 11) is 3.21. The first kappa shape index (κ1) is 13.7. The molecule has 2 N–H and O–H groups in total. The molecule has 0 saturated carbocycles. The maximum absolute atomic E-state index is 12.0. The van der Waals surface area contributed by atoms with Gasteiger partial charge in [0.25, 0.3) is 0 Å². The normalized spacial score (nSPS) is 18.1. The van der Waals surface area contributed by atoms with E-state index in [1.54, 1.807) is 14.2 Å². The molecule has 5 nitrogen and oxygen atoms in total. The summed E-state index contributed by atoms with van der Waals surface area (Å²) in [6.07, 6.45) is 1.29. The quantitative estimate of drug-likeness (QED) is 0.823. The molecular formula is C14H20N2O3. The first-order chi connectivity index (χ1) is 9.22. The largest absolute Gasteiger partial charge is 0.497 e. The summed E-state index contributed by atoms with van der Waals surface area (Å²) in [6.45, 7) is 1.81. The standard InChI is InChI=1S/C14H20N2O3/c1-18-12-3-4-13(19-2)10(7-12)8-14(17)16-11-5-6-15-9-11/h3-4,7,11,15H,5-6,8-9H2,1-2H3,(H,16,17). The molecule has 5 heteroatoms. The van der Waals surface area contributed by atoms with Crippen LogP contribution in [0.15, 0.2) is 18.2 Å². The molecule has 1 aliphatic heterocycles. The van der Waals surface area contributed by atoms with Crippen LogP contribution in [0.2, 0.25) is 0 Å². The molecule has 0 spiro atoms. The molecule has 1 amide bonds. The first-order valence-corrected chi connectivity index (χ1v) is 6.44. The predicted octanol–water partition coefficient (Wildman–Crippen LogP) is 0.724. The van der Waals surface area contributed by atoms with Gasteiger partial charge in [-0.3, -0.25) is 4.79 Å². The molecule has 1 fully saturated rings. The number of amides is 1. The van der Waals surface area contributed by atoms with Crippen molar-refractivity contribution in [2.75, 3.05) is 27.3 Å². The second-order valence-corrected chi connectivity index (χ2v) is 4.61. The molecule has 1 atom stereocenters. The van der Waals surface area contributed by atoms with Gasteiger partial charge in [0.15, 0.2) is 0 Å². The summed E-state index contributed by atoms with van der Waals surface area (Å²) < 4.78 is 10.4. The van der Waals surface area contributed by atoms with E-state index in [1.165, 1.54) is 0 Å². The van der Waals surface area contributed by atoms with Crippen LogP contribution in [0.4, 0.5) is 0 Å². The monoisotopic (exact) mass is 264 g/mol. The van der Waals surface area contributed by atoms with Crippen molar-refractivity contribution in [1.82, 2.24) is 10.6 Å². The van der Waals surface area contributed by atoms with Crippen LogP contribution in [-0.4, -0.2) is 39.3 Å². The molecule has 1 unspecified atom stereocenters. The van der Waals surface area contributed by atoms with Gasteiger partial charge in [-0.2, -0.15) is 0 Å². The predicted molar refractivity (Wildman–Crippen MR) is 72.7 cm³/mol. The fourth-order valence-electron chi connectivity index (χ4n) is 2.25. The molecule has 104 valence electrons. The van der Waals surface area contributed by atoms with Crippen LogP contribution in [0.3, 0.4) is 0 Å². The van der Waals surface area contributed by atoms with Crippen LogP contribution in [0.25, 0.3) is 0 Å². The highest BCUT2D eigenvalue weighted by molar-refractivity contribution is 5.79. The molecule has 0 aromatic heterocycles. The maximum Gasteiger partial charge on any atom is 0.224 e. The highest BCUT2D eigenvalue weighted by atomic mass is 16.5. The van der Waals surface area contributed by atoms with Gasteiger partial charge in [0.05, 0.1) is 20.6 Å². The van der Waals surface area contributed by atoms with Crippen molar-refractivity contribution in [3.05, 3.63) is 23.8 Å². The van der Waals surface area contributed by atoms with Crippen LogP contribution >= 0.6 is 0 Å². The van der Waals surface area contributed by atoms with Crippen LogP contribution in [-0.2, 0) is 11.2 Å². The van der Waals surface area contributed by atoms with Crippen molar-refractivity contribution in [2.45, 2.75) is 18.9 Å². The fourth-order valence-corrected chi connectivity index (χ4v) is 2.25. The number of benzene rings is 1. The van der Waals surface area contributed by atoms with E-state index in [-0.39, 0.29) is 11.9 Å². The number of rotatable bonds is 5. The average Bonchev–Trinajstić information content (AvgIpc) is 2.91. The maximum atomic E-state index is 12.0. The third kappa shape index (κ3) is 3.61. The van der Waals surface area contributed by atoms with Gasteiger partial charge in [-0.25, -0.2) is 0 Å². The molecule has 0 radical (unpaired) electrons. The SMILES string of the molecule is COc1ccc(OC)c(CC(=O)NC2CCNC2)c1. The van der Waals surface area contributed by atoms with Gasteiger partial charge in [0.1, 0.15) is 11.5 Å². The molecule has 1 aliphatic rings. The Morgan fingerprint density at radius 1 is 1.42 bits per heavy atom. The Bertz CT molecular complexity index is 442. The van der Waals surface area contributed by atoms with E-state index >= 15 is 0 Å². The zero-order chi connectivity index (χ0) is 13.7. The van der Waals surface area contributed by atoms with Crippen LogP contribution in [0, 0.1) is 0 Å². The minimum absolute atomic E-state index is 0.0141. The van der Waals surface area contributed by atoms with E-state index < -0.39 is 0 Å². The van der Waals surface area contributed by atoms with Crippen molar-refractivity contribution in [3.8, 4) is 11.5 Å². The Labute approximate surface area is 113 Å². The zero-order valence-corrected chi connectivity index (χ0v) is 11.4. The molecule has 1 aromatic rings. The van der Waals surface area contributed by atoms with Crippen molar-refractivity contribution in [1.29, 1.82) is 0 Å². The van der Waals surface area contributed by atoms with Crippen molar-refractivity contribution < 1.29 is 14.3 Å². The zero-order valence-electron chi connectivity index (χ0n) is 11.4. The highest BCUT2D eigenvalue weighted by Crippen LogP contribution is 2.24. The second-order valence-electron chi connectivity index (χ2n) is 4.61. The minimum Gasteiger partial charge on any atom is -0.497 e. The van der Waals surface area contributed by atoms with Gasteiger partial charge in [-0.05, 0) is 31.2 Å². The third-order valence-corrected chi connectivity index (χ3v) is 3.26.